The molecule has 5 rings (SSSR count). The second-order valence-corrected chi connectivity index (χ2v) is 11.8. The van der Waals surface area contributed by atoms with Crippen molar-refractivity contribution in [2.75, 3.05) is 45.3 Å². The zero-order valence-corrected chi connectivity index (χ0v) is 25.3. The zero-order chi connectivity index (χ0) is 30.7. The standard InChI is InChI=1S/C34H39FN6O2/c1-6-42-24-16-26(31(35)29(17-24)43-20-34(2,3)19-41(4)5)30(33-38-18-28(40-33)21-10-8-7-9-11-21)27-15-22-14-23(36)12-13-25(22)32(37)39-27/h7-18,30H,6,19-20,36H2,1-5H3,(H2,37,39)(H,38,40). The van der Waals surface area contributed by atoms with Gasteiger partial charge in [0.2, 0.25) is 0 Å². The number of ether oxygens (including phenoxy) is 2. The van der Waals surface area contributed by atoms with Gasteiger partial charge in [-0.05, 0) is 62.3 Å². The Balaban J connectivity index is 1.68. The van der Waals surface area contributed by atoms with Gasteiger partial charge in [0.15, 0.2) is 11.6 Å². The summed E-state index contributed by atoms with van der Waals surface area (Å²) >= 11 is 0. The first kappa shape index (κ1) is 29.8. The minimum Gasteiger partial charge on any atom is -0.494 e. The fraction of sp³-hybridized carbons (Fsp3) is 0.294. The first-order valence-electron chi connectivity index (χ1n) is 14.3. The molecule has 43 heavy (non-hydrogen) atoms. The molecule has 1 atom stereocenters. The molecule has 9 heteroatoms. The summed E-state index contributed by atoms with van der Waals surface area (Å²) in [5, 5.41) is 1.56. The lowest BCUT2D eigenvalue weighted by atomic mass is 9.91. The molecule has 224 valence electrons. The third-order valence-corrected chi connectivity index (χ3v) is 7.18. The van der Waals surface area contributed by atoms with Crippen LogP contribution in [0.5, 0.6) is 11.5 Å². The van der Waals surface area contributed by atoms with E-state index in [2.05, 4.69) is 23.7 Å². The molecule has 0 bridgehead atoms. The summed E-state index contributed by atoms with van der Waals surface area (Å²) in [6.45, 7) is 7.54. The highest BCUT2D eigenvalue weighted by Gasteiger charge is 2.30. The van der Waals surface area contributed by atoms with Gasteiger partial charge in [0.05, 0.1) is 36.7 Å². The summed E-state index contributed by atoms with van der Waals surface area (Å²) in [7, 11) is 4.01. The van der Waals surface area contributed by atoms with Crippen molar-refractivity contribution in [1.29, 1.82) is 0 Å². The molecule has 1 unspecified atom stereocenters. The number of fused-ring (bicyclic) bond motifs is 1. The number of benzene rings is 3. The van der Waals surface area contributed by atoms with E-state index in [1.807, 2.05) is 69.6 Å². The van der Waals surface area contributed by atoms with Gasteiger partial charge in [0.1, 0.15) is 17.4 Å². The van der Waals surface area contributed by atoms with Crippen molar-refractivity contribution in [3.8, 4) is 22.8 Å². The Kier molecular flexibility index (Phi) is 8.54. The van der Waals surface area contributed by atoms with Gasteiger partial charge in [-0.1, -0.05) is 44.2 Å². The maximum atomic E-state index is 16.6. The summed E-state index contributed by atoms with van der Waals surface area (Å²) in [5.74, 6) is 0.127. The number of nitrogens with zero attached hydrogens (tertiary/aromatic N) is 3. The predicted octanol–water partition coefficient (Wildman–Crippen LogP) is 6.47. The van der Waals surface area contributed by atoms with E-state index in [4.69, 9.17) is 30.9 Å². The van der Waals surface area contributed by atoms with E-state index >= 15 is 4.39 Å². The van der Waals surface area contributed by atoms with Crippen LogP contribution in [0, 0.1) is 11.2 Å². The summed E-state index contributed by atoms with van der Waals surface area (Å²) < 4.78 is 28.7. The highest BCUT2D eigenvalue weighted by Crippen LogP contribution is 2.40. The molecule has 0 saturated heterocycles. The lowest BCUT2D eigenvalue weighted by Crippen LogP contribution is -2.33. The van der Waals surface area contributed by atoms with E-state index in [1.165, 1.54) is 0 Å². The number of aromatic amines is 1. The molecule has 0 amide bonds. The van der Waals surface area contributed by atoms with Crippen LogP contribution in [0.2, 0.25) is 0 Å². The summed E-state index contributed by atoms with van der Waals surface area (Å²) in [4.78, 5) is 15.0. The Morgan fingerprint density at radius 3 is 2.49 bits per heavy atom. The lowest BCUT2D eigenvalue weighted by molar-refractivity contribution is 0.137. The number of H-pyrrole nitrogens is 1. The molecule has 2 aromatic heterocycles. The SMILES string of the molecule is CCOc1cc(OCC(C)(C)CN(C)C)c(F)c(C(c2cc3cc(N)ccc3c(N)n2)c2ncc(-c3ccccc3)[nH]2)c1. The van der Waals surface area contributed by atoms with Gasteiger partial charge in [-0.3, -0.25) is 0 Å². The van der Waals surface area contributed by atoms with Crippen LogP contribution >= 0.6 is 0 Å². The molecule has 0 aliphatic carbocycles. The molecular formula is C34H39FN6O2. The number of rotatable bonds is 11. The van der Waals surface area contributed by atoms with Crippen LogP contribution in [0.3, 0.4) is 0 Å². The van der Waals surface area contributed by atoms with Crippen LogP contribution in [0.1, 0.15) is 43.8 Å². The molecule has 3 aromatic carbocycles. The number of hydrogen-bond acceptors (Lipinski definition) is 7. The summed E-state index contributed by atoms with van der Waals surface area (Å²) in [5.41, 5.74) is 15.5. The third kappa shape index (κ3) is 6.73. The molecule has 0 spiro atoms. The van der Waals surface area contributed by atoms with Gasteiger partial charge in [-0.2, -0.15) is 0 Å². The van der Waals surface area contributed by atoms with Crippen molar-refractivity contribution >= 4 is 22.3 Å². The molecule has 0 saturated carbocycles. The monoisotopic (exact) mass is 582 g/mol. The van der Waals surface area contributed by atoms with Crippen LogP contribution in [0.4, 0.5) is 15.9 Å². The average molecular weight is 583 g/mol. The number of aromatic nitrogens is 3. The van der Waals surface area contributed by atoms with E-state index in [9.17, 15) is 0 Å². The van der Waals surface area contributed by atoms with E-state index in [-0.39, 0.29) is 11.2 Å². The first-order chi connectivity index (χ1) is 20.5. The van der Waals surface area contributed by atoms with E-state index in [1.54, 1.807) is 24.4 Å². The molecule has 5 N–H and O–H groups in total. The van der Waals surface area contributed by atoms with Gasteiger partial charge in [0, 0.05) is 34.7 Å². The average Bonchev–Trinajstić information content (AvgIpc) is 3.43. The minimum absolute atomic E-state index is 0.102. The second-order valence-electron chi connectivity index (χ2n) is 11.8. The number of nitrogens with two attached hydrogens (primary N) is 2. The number of halogens is 1. The first-order valence-corrected chi connectivity index (χ1v) is 14.3. The maximum absolute atomic E-state index is 16.6. The third-order valence-electron chi connectivity index (χ3n) is 7.18. The van der Waals surface area contributed by atoms with Gasteiger partial charge in [0.25, 0.3) is 0 Å². The normalized spacial score (nSPS) is 12.5. The van der Waals surface area contributed by atoms with Crippen LogP contribution in [-0.2, 0) is 0 Å². The number of nitrogen functional groups attached to an aromatic ring is 2. The van der Waals surface area contributed by atoms with Gasteiger partial charge >= 0.3 is 0 Å². The maximum Gasteiger partial charge on any atom is 0.169 e. The molecule has 0 aliphatic heterocycles. The quantitative estimate of drug-likeness (QED) is 0.153. The van der Waals surface area contributed by atoms with Crippen LogP contribution in [0.15, 0.2) is 72.9 Å². The topological polar surface area (TPSA) is 115 Å². The fourth-order valence-corrected chi connectivity index (χ4v) is 5.50. The Labute approximate surface area is 251 Å². The number of imidazole rings is 1. The lowest BCUT2D eigenvalue weighted by Gasteiger charge is -2.28. The second kappa shape index (κ2) is 12.3. The molecule has 0 radical (unpaired) electrons. The Morgan fingerprint density at radius 1 is 1.00 bits per heavy atom. The van der Waals surface area contributed by atoms with Crippen LogP contribution < -0.4 is 20.9 Å². The number of pyridine rings is 1. The highest BCUT2D eigenvalue weighted by atomic mass is 19.1. The number of nitrogens with one attached hydrogen (secondary N) is 1. The molecule has 0 aliphatic rings. The van der Waals surface area contributed by atoms with Gasteiger partial charge < -0.3 is 30.8 Å². The molecule has 8 nitrogen and oxygen atoms in total. The van der Waals surface area contributed by atoms with E-state index in [0.717, 1.165) is 28.6 Å². The van der Waals surface area contributed by atoms with Gasteiger partial charge in [-0.15, -0.1) is 0 Å². The van der Waals surface area contributed by atoms with Crippen LogP contribution in [-0.4, -0.2) is 53.7 Å². The highest BCUT2D eigenvalue weighted by molar-refractivity contribution is 5.93. The van der Waals surface area contributed by atoms with Crippen molar-refractivity contribution in [2.45, 2.75) is 26.7 Å². The minimum atomic E-state index is -0.761. The summed E-state index contributed by atoms with van der Waals surface area (Å²) in [6, 6.07) is 20.5. The zero-order valence-electron chi connectivity index (χ0n) is 25.3. The Morgan fingerprint density at radius 2 is 1.77 bits per heavy atom. The van der Waals surface area contributed by atoms with Crippen molar-refractivity contribution in [3.63, 3.8) is 0 Å². The van der Waals surface area contributed by atoms with Crippen molar-refractivity contribution < 1.29 is 13.9 Å². The number of hydrogen-bond donors (Lipinski definition) is 3. The van der Waals surface area contributed by atoms with Crippen LogP contribution in [0.25, 0.3) is 22.0 Å². The van der Waals surface area contributed by atoms with Crippen molar-refractivity contribution in [3.05, 3.63) is 95.8 Å². The van der Waals surface area contributed by atoms with Crippen molar-refractivity contribution in [1.82, 2.24) is 19.9 Å². The fourth-order valence-electron chi connectivity index (χ4n) is 5.50. The summed E-state index contributed by atoms with van der Waals surface area (Å²) in [6.07, 6.45) is 1.74. The van der Waals surface area contributed by atoms with Crippen molar-refractivity contribution in [2.24, 2.45) is 5.41 Å². The Bertz CT molecular complexity index is 1720. The van der Waals surface area contributed by atoms with E-state index < -0.39 is 11.7 Å². The van der Waals surface area contributed by atoms with E-state index in [0.29, 0.717) is 47.6 Å². The Hall–Kier alpha value is -4.63. The number of anilines is 2. The largest absolute Gasteiger partial charge is 0.494 e. The van der Waals surface area contributed by atoms with Gasteiger partial charge in [-0.25, -0.2) is 14.4 Å². The predicted molar refractivity (Wildman–Crippen MR) is 171 cm³/mol. The molecular weight excluding hydrogens is 543 g/mol. The molecule has 2 heterocycles. The molecule has 5 aromatic rings. The molecule has 0 fully saturated rings. The smallest absolute Gasteiger partial charge is 0.169 e.